The van der Waals surface area contributed by atoms with Gasteiger partial charge in [-0.05, 0) is 36.1 Å². The van der Waals surface area contributed by atoms with E-state index in [2.05, 4.69) is 59.0 Å². The Morgan fingerprint density at radius 2 is 1.33 bits per heavy atom. The van der Waals surface area contributed by atoms with Gasteiger partial charge in [0.05, 0.1) is 19.6 Å². The molecule has 1 aromatic rings. The van der Waals surface area contributed by atoms with Gasteiger partial charge in [0, 0.05) is 70.4 Å². The summed E-state index contributed by atoms with van der Waals surface area (Å²) in [6.45, 7) is 14.1. The summed E-state index contributed by atoms with van der Waals surface area (Å²) in [5.41, 5.74) is 4.09. The van der Waals surface area contributed by atoms with Crippen LogP contribution in [0.2, 0.25) is 0 Å². The van der Waals surface area contributed by atoms with Crippen LogP contribution in [0.3, 0.4) is 0 Å². The normalized spacial score (nSPS) is 17.3. The summed E-state index contributed by atoms with van der Waals surface area (Å²) >= 11 is 1.83. The van der Waals surface area contributed by atoms with Gasteiger partial charge >= 0.3 is 5.97 Å². The lowest BCUT2D eigenvalue weighted by molar-refractivity contribution is -0.138. The zero-order valence-electron chi connectivity index (χ0n) is 24.2. The van der Waals surface area contributed by atoms with Crippen LogP contribution in [0.4, 0.5) is 0 Å². The number of aryl methyl sites for hydroxylation is 2. The van der Waals surface area contributed by atoms with Gasteiger partial charge in [-0.25, -0.2) is 0 Å². The molecule has 1 fully saturated rings. The van der Waals surface area contributed by atoms with Crippen molar-refractivity contribution in [3.05, 3.63) is 34.9 Å². The molecule has 9 nitrogen and oxygen atoms in total. The van der Waals surface area contributed by atoms with Gasteiger partial charge in [-0.2, -0.15) is 11.8 Å². The average molecular weight is 564 g/mol. The highest BCUT2D eigenvalue weighted by molar-refractivity contribution is 7.98. The van der Waals surface area contributed by atoms with Gasteiger partial charge in [-0.3, -0.25) is 24.3 Å². The molecule has 39 heavy (non-hydrogen) atoms. The largest absolute Gasteiger partial charge is 0.480 e. The fraction of sp³-hybridized carbons (Fsp3) is 0.690. The molecule has 2 N–H and O–H groups in total. The van der Waals surface area contributed by atoms with E-state index in [0.29, 0.717) is 45.8 Å². The molecule has 0 unspecified atom stereocenters. The number of hydrogen-bond acceptors (Lipinski definition) is 8. The summed E-state index contributed by atoms with van der Waals surface area (Å²) in [4.78, 5) is 43.9. The molecule has 0 saturated carbocycles. The lowest BCUT2D eigenvalue weighted by atomic mass is 10.0. The summed E-state index contributed by atoms with van der Waals surface area (Å²) in [5, 5.41) is 12.4. The topological polar surface area (TPSA) is 96.4 Å². The van der Waals surface area contributed by atoms with E-state index in [-0.39, 0.29) is 19.0 Å². The molecule has 0 radical (unpaired) electrons. The number of hydrogen-bond donors (Lipinski definition) is 2. The number of thioether (sulfide) groups is 1. The summed E-state index contributed by atoms with van der Waals surface area (Å²) in [6.07, 6.45) is 3.01. The number of carbonyl (C=O) groups is 3. The van der Waals surface area contributed by atoms with Crippen molar-refractivity contribution in [2.75, 3.05) is 90.8 Å². The number of nitrogens with zero attached hydrogens (tertiary/aromatic N) is 4. The Morgan fingerprint density at radius 3 is 1.85 bits per heavy atom. The first-order valence-electron chi connectivity index (χ1n) is 14.4. The molecule has 0 atom stereocenters. The van der Waals surface area contributed by atoms with E-state index in [1.165, 1.54) is 16.7 Å². The van der Waals surface area contributed by atoms with Crippen LogP contribution < -0.4 is 5.32 Å². The Hall–Kier alpha value is -1.98. The van der Waals surface area contributed by atoms with Crippen LogP contribution >= 0.6 is 11.8 Å². The summed E-state index contributed by atoms with van der Waals surface area (Å²) in [5.74, 6) is 0.922. The second kappa shape index (κ2) is 19.2. The van der Waals surface area contributed by atoms with Crippen LogP contribution in [0, 0.1) is 0 Å². The third kappa shape index (κ3) is 13.8. The minimum atomic E-state index is -0.837. The number of aldehydes is 1. The zero-order chi connectivity index (χ0) is 28.5. The van der Waals surface area contributed by atoms with E-state index in [4.69, 9.17) is 0 Å². The lowest BCUT2D eigenvalue weighted by Crippen LogP contribution is -2.49. The second-order valence-corrected chi connectivity index (χ2v) is 11.2. The molecule has 1 saturated heterocycles. The van der Waals surface area contributed by atoms with Gasteiger partial charge in [-0.15, -0.1) is 0 Å². The van der Waals surface area contributed by atoms with Crippen LogP contribution in [-0.4, -0.2) is 134 Å². The monoisotopic (exact) mass is 563 g/mol. The van der Waals surface area contributed by atoms with Crippen molar-refractivity contribution in [1.29, 1.82) is 0 Å². The minimum absolute atomic E-state index is 0.00695. The molecule has 1 aromatic carbocycles. The molecule has 0 aromatic heterocycles. The highest BCUT2D eigenvalue weighted by Crippen LogP contribution is 2.17. The predicted molar refractivity (Wildman–Crippen MR) is 160 cm³/mol. The van der Waals surface area contributed by atoms with E-state index in [0.717, 1.165) is 56.8 Å². The van der Waals surface area contributed by atoms with Crippen LogP contribution in [0.25, 0.3) is 0 Å². The highest BCUT2D eigenvalue weighted by Gasteiger charge is 2.18. The fourth-order valence-corrected chi connectivity index (χ4v) is 5.53. The van der Waals surface area contributed by atoms with Gasteiger partial charge in [0.1, 0.15) is 6.29 Å². The Morgan fingerprint density at radius 1 is 0.821 bits per heavy atom. The first kappa shape index (κ1) is 33.2. The van der Waals surface area contributed by atoms with Crippen LogP contribution in [0.5, 0.6) is 0 Å². The maximum absolute atomic E-state index is 12.8. The Labute approximate surface area is 239 Å². The van der Waals surface area contributed by atoms with Crippen molar-refractivity contribution in [2.45, 2.75) is 39.4 Å². The number of benzene rings is 1. The molecule has 1 aliphatic rings. The minimum Gasteiger partial charge on any atom is -0.480 e. The smallest absolute Gasteiger partial charge is 0.317 e. The molecule has 10 heteroatoms. The van der Waals surface area contributed by atoms with E-state index >= 15 is 0 Å². The van der Waals surface area contributed by atoms with Gasteiger partial charge in [0.25, 0.3) is 0 Å². The zero-order valence-corrected chi connectivity index (χ0v) is 25.0. The third-order valence-electron chi connectivity index (χ3n) is 7.20. The lowest BCUT2D eigenvalue weighted by Gasteiger charge is -2.32. The van der Waals surface area contributed by atoms with Crippen LogP contribution in [0.1, 0.15) is 37.5 Å². The number of carboxylic acids is 1. The Kier molecular flexibility index (Phi) is 16.3. The summed E-state index contributed by atoms with van der Waals surface area (Å²) in [7, 11) is 0. The van der Waals surface area contributed by atoms with Gasteiger partial charge < -0.3 is 20.1 Å². The van der Waals surface area contributed by atoms with Gasteiger partial charge in [0.2, 0.25) is 5.91 Å². The number of likely N-dealkylation sites (N-methyl/N-ethyl adjacent to an activating group) is 1. The number of amides is 1. The maximum atomic E-state index is 12.8. The first-order chi connectivity index (χ1) is 18.9. The molecule has 0 spiro atoms. The SMILES string of the molecule is CCc1cc(CC)cc(CSCCNC(=O)CN2CCN(CC=O)CCN(CC)CCN(CC(=O)O)CC2)c1. The number of carbonyl (C=O) groups excluding carboxylic acids is 2. The standard InChI is InChI=1S/C29H49N5O4S/c1-4-25-19-26(5-2)21-27(20-25)24-39-18-7-30-28(36)22-33-13-11-32(16-17-35)10-8-31(6-3)9-12-34(15-14-33)23-29(37)38/h17,19-21H,4-16,18,22-24H2,1-3H3,(H,30,36)(H,37,38). The van der Waals surface area contributed by atoms with Crippen molar-refractivity contribution in [3.63, 3.8) is 0 Å². The molecule has 220 valence electrons. The van der Waals surface area contributed by atoms with E-state index in [1.54, 1.807) is 0 Å². The molecule has 2 rings (SSSR count). The first-order valence-corrected chi connectivity index (χ1v) is 15.5. The molecule has 0 bridgehead atoms. The highest BCUT2D eigenvalue weighted by atomic mass is 32.2. The predicted octanol–water partition coefficient (Wildman–Crippen LogP) is 1.69. The van der Waals surface area contributed by atoms with Crippen molar-refractivity contribution in [3.8, 4) is 0 Å². The number of rotatable bonds is 14. The Bertz CT molecular complexity index is 865. The molecular formula is C29H49N5O4S. The van der Waals surface area contributed by atoms with E-state index in [9.17, 15) is 19.5 Å². The van der Waals surface area contributed by atoms with E-state index in [1.807, 2.05) is 16.7 Å². The quantitative estimate of drug-likeness (QED) is 0.259. The molecule has 1 amide bonds. The van der Waals surface area contributed by atoms with Crippen LogP contribution in [-0.2, 0) is 33.0 Å². The van der Waals surface area contributed by atoms with Crippen LogP contribution in [0.15, 0.2) is 18.2 Å². The van der Waals surface area contributed by atoms with Crippen molar-refractivity contribution < 1.29 is 19.5 Å². The van der Waals surface area contributed by atoms with Gasteiger partial charge in [-0.1, -0.05) is 39.0 Å². The van der Waals surface area contributed by atoms with E-state index < -0.39 is 5.97 Å². The van der Waals surface area contributed by atoms with Crippen molar-refractivity contribution in [1.82, 2.24) is 24.9 Å². The van der Waals surface area contributed by atoms with Crippen molar-refractivity contribution in [2.24, 2.45) is 0 Å². The number of aliphatic carboxylic acids is 1. The molecule has 1 heterocycles. The summed E-state index contributed by atoms with van der Waals surface area (Å²) < 4.78 is 0. The summed E-state index contributed by atoms with van der Waals surface area (Å²) in [6, 6.07) is 6.84. The molecule has 1 aliphatic heterocycles. The fourth-order valence-electron chi connectivity index (χ4n) is 4.73. The maximum Gasteiger partial charge on any atom is 0.317 e. The average Bonchev–Trinajstić information content (AvgIpc) is 2.92. The molecular weight excluding hydrogens is 514 g/mol. The number of carboxylic acid groups (broad SMARTS) is 1. The second-order valence-electron chi connectivity index (χ2n) is 10.1. The Balaban J connectivity index is 1.87. The van der Waals surface area contributed by atoms with Crippen molar-refractivity contribution >= 4 is 29.9 Å². The number of nitrogens with one attached hydrogen (secondary N) is 1. The molecule has 0 aliphatic carbocycles. The third-order valence-corrected chi connectivity index (χ3v) is 8.23. The van der Waals surface area contributed by atoms with Gasteiger partial charge in [0.15, 0.2) is 0 Å².